The van der Waals surface area contributed by atoms with Gasteiger partial charge in [-0.15, -0.1) is 0 Å². The molecule has 1 aromatic heterocycles. The van der Waals surface area contributed by atoms with Gasteiger partial charge in [0.2, 0.25) is 5.95 Å². The molecule has 2 aromatic rings. The first-order chi connectivity index (χ1) is 8.19. The Bertz CT molecular complexity index is 583. The van der Waals surface area contributed by atoms with E-state index in [1.165, 1.54) is 12.3 Å². The number of hydrogen-bond acceptors (Lipinski definition) is 4. The number of aromatic nitrogens is 2. The molecule has 2 N–H and O–H groups in total. The van der Waals surface area contributed by atoms with Gasteiger partial charge in [-0.1, -0.05) is 11.6 Å². The van der Waals surface area contributed by atoms with E-state index in [2.05, 4.69) is 15.3 Å². The fraction of sp³-hybridized carbons (Fsp3) is 0.0909. The standard InChI is InChI=1S/C11H10ClN3O2/c1-17-9-3-2-7(6-8(9)12)14-11-13-5-4-10(16)15-11/h2-6H,1H3,(H2,13,14,15,16). The summed E-state index contributed by atoms with van der Waals surface area (Å²) in [4.78, 5) is 17.6. The van der Waals surface area contributed by atoms with Gasteiger partial charge in [0.25, 0.3) is 5.56 Å². The number of nitrogens with one attached hydrogen (secondary N) is 2. The highest BCUT2D eigenvalue weighted by Gasteiger charge is 2.02. The summed E-state index contributed by atoms with van der Waals surface area (Å²) in [6.07, 6.45) is 1.42. The van der Waals surface area contributed by atoms with E-state index in [0.29, 0.717) is 22.4 Å². The molecule has 0 spiro atoms. The third-order valence-corrected chi connectivity index (χ3v) is 2.38. The first-order valence-corrected chi connectivity index (χ1v) is 5.23. The lowest BCUT2D eigenvalue weighted by molar-refractivity contribution is 0.415. The Morgan fingerprint density at radius 3 is 2.88 bits per heavy atom. The summed E-state index contributed by atoms with van der Waals surface area (Å²) in [5, 5.41) is 3.41. The van der Waals surface area contributed by atoms with Crippen molar-refractivity contribution in [2.75, 3.05) is 12.4 Å². The molecule has 0 amide bonds. The summed E-state index contributed by atoms with van der Waals surface area (Å²) < 4.78 is 5.04. The van der Waals surface area contributed by atoms with Crippen molar-refractivity contribution in [3.63, 3.8) is 0 Å². The number of halogens is 1. The summed E-state index contributed by atoms with van der Waals surface area (Å²) >= 11 is 5.97. The maximum atomic E-state index is 11.1. The number of methoxy groups -OCH3 is 1. The fourth-order valence-corrected chi connectivity index (χ4v) is 1.57. The number of aromatic amines is 1. The van der Waals surface area contributed by atoms with E-state index in [0.717, 1.165) is 0 Å². The topological polar surface area (TPSA) is 67.0 Å². The van der Waals surface area contributed by atoms with E-state index in [1.807, 2.05) is 0 Å². The Labute approximate surface area is 102 Å². The van der Waals surface area contributed by atoms with Gasteiger partial charge < -0.3 is 10.1 Å². The lowest BCUT2D eigenvalue weighted by atomic mass is 10.3. The zero-order valence-electron chi connectivity index (χ0n) is 9.03. The minimum atomic E-state index is -0.220. The maximum Gasteiger partial charge on any atom is 0.252 e. The molecule has 0 radical (unpaired) electrons. The molecule has 5 nitrogen and oxygen atoms in total. The molecular weight excluding hydrogens is 242 g/mol. The first-order valence-electron chi connectivity index (χ1n) is 4.85. The van der Waals surface area contributed by atoms with Crippen molar-refractivity contribution < 1.29 is 4.74 Å². The molecule has 0 atom stereocenters. The number of benzene rings is 1. The van der Waals surface area contributed by atoms with Crippen LogP contribution in [-0.4, -0.2) is 17.1 Å². The lowest BCUT2D eigenvalue weighted by Gasteiger charge is -2.07. The van der Waals surface area contributed by atoms with Crippen LogP contribution in [-0.2, 0) is 0 Å². The van der Waals surface area contributed by atoms with E-state index in [-0.39, 0.29) is 5.56 Å². The van der Waals surface area contributed by atoms with Crippen molar-refractivity contribution in [2.45, 2.75) is 0 Å². The molecule has 88 valence electrons. The second-order valence-electron chi connectivity index (χ2n) is 3.26. The van der Waals surface area contributed by atoms with Crippen LogP contribution in [0.15, 0.2) is 35.3 Å². The van der Waals surface area contributed by atoms with E-state index >= 15 is 0 Å². The molecule has 0 saturated carbocycles. The monoisotopic (exact) mass is 251 g/mol. The van der Waals surface area contributed by atoms with Crippen molar-refractivity contribution >= 4 is 23.2 Å². The van der Waals surface area contributed by atoms with Gasteiger partial charge in [0.15, 0.2) is 0 Å². The number of H-pyrrole nitrogens is 1. The first kappa shape index (κ1) is 11.5. The van der Waals surface area contributed by atoms with Gasteiger partial charge in [-0.25, -0.2) is 4.98 Å². The number of nitrogens with zero attached hydrogens (tertiary/aromatic N) is 1. The molecule has 0 unspecified atom stereocenters. The highest BCUT2D eigenvalue weighted by molar-refractivity contribution is 6.32. The smallest absolute Gasteiger partial charge is 0.252 e. The van der Waals surface area contributed by atoms with Crippen LogP contribution in [0, 0.1) is 0 Å². The van der Waals surface area contributed by atoms with Crippen molar-refractivity contribution in [3.05, 3.63) is 45.8 Å². The molecule has 0 aliphatic rings. The Hall–Kier alpha value is -2.01. The van der Waals surface area contributed by atoms with Gasteiger partial charge in [-0.2, -0.15) is 0 Å². The van der Waals surface area contributed by atoms with Gasteiger partial charge in [0.05, 0.1) is 12.1 Å². The molecule has 0 saturated heterocycles. The van der Waals surface area contributed by atoms with Crippen LogP contribution < -0.4 is 15.6 Å². The van der Waals surface area contributed by atoms with Crippen LogP contribution in [0.3, 0.4) is 0 Å². The van der Waals surface area contributed by atoms with Gasteiger partial charge in [0.1, 0.15) is 5.75 Å². The van der Waals surface area contributed by atoms with Crippen molar-refractivity contribution in [3.8, 4) is 5.75 Å². The van der Waals surface area contributed by atoms with Crippen LogP contribution in [0.1, 0.15) is 0 Å². The molecule has 17 heavy (non-hydrogen) atoms. The quantitative estimate of drug-likeness (QED) is 0.877. The van der Waals surface area contributed by atoms with E-state index in [4.69, 9.17) is 16.3 Å². The Morgan fingerprint density at radius 2 is 2.24 bits per heavy atom. The number of rotatable bonds is 3. The SMILES string of the molecule is COc1ccc(Nc2nccc(=O)[nH]2)cc1Cl. The minimum Gasteiger partial charge on any atom is -0.495 e. The molecule has 2 rings (SSSR count). The predicted octanol–water partition coefficient (Wildman–Crippen LogP) is 2.18. The predicted molar refractivity (Wildman–Crippen MR) is 66.1 cm³/mol. The Balaban J connectivity index is 2.25. The maximum absolute atomic E-state index is 11.1. The van der Waals surface area contributed by atoms with Crippen molar-refractivity contribution in [1.29, 1.82) is 0 Å². The van der Waals surface area contributed by atoms with E-state index in [9.17, 15) is 4.79 Å². The Kier molecular flexibility index (Phi) is 3.30. The normalized spacial score (nSPS) is 10.0. The molecule has 0 bridgehead atoms. The molecule has 6 heteroatoms. The average Bonchev–Trinajstić information content (AvgIpc) is 2.29. The summed E-state index contributed by atoms with van der Waals surface area (Å²) in [6.45, 7) is 0. The zero-order valence-corrected chi connectivity index (χ0v) is 9.78. The molecule has 0 aliphatic heterocycles. The molecule has 1 heterocycles. The van der Waals surface area contributed by atoms with Crippen molar-refractivity contribution in [2.24, 2.45) is 0 Å². The number of anilines is 2. The van der Waals surface area contributed by atoms with Gasteiger partial charge in [-0.05, 0) is 18.2 Å². The van der Waals surface area contributed by atoms with Crippen LogP contribution >= 0.6 is 11.6 Å². The fourth-order valence-electron chi connectivity index (χ4n) is 1.31. The third kappa shape index (κ3) is 2.76. The molecule has 1 aromatic carbocycles. The molecule has 0 fully saturated rings. The summed E-state index contributed by atoms with van der Waals surface area (Å²) in [5.74, 6) is 0.950. The Morgan fingerprint density at radius 1 is 1.41 bits per heavy atom. The third-order valence-electron chi connectivity index (χ3n) is 2.09. The van der Waals surface area contributed by atoms with Crippen LogP contribution in [0.4, 0.5) is 11.6 Å². The van der Waals surface area contributed by atoms with E-state index < -0.39 is 0 Å². The second kappa shape index (κ2) is 4.88. The number of hydrogen-bond donors (Lipinski definition) is 2. The summed E-state index contributed by atoms with van der Waals surface area (Å²) in [5.41, 5.74) is 0.493. The highest BCUT2D eigenvalue weighted by Crippen LogP contribution is 2.27. The largest absolute Gasteiger partial charge is 0.495 e. The van der Waals surface area contributed by atoms with Gasteiger partial charge in [0, 0.05) is 18.0 Å². The second-order valence-corrected chi connectivity index (χ2v) is 3.66. The molecular formula is C11H10ClN3O2. The van der Waals surface area contributed by atoms with Crippen LogP contribution in [0.5, 0.6) is 5.75 Å². The van der Waals surface area contributed by atoms with Crippen molar-refractivity contribution in [1.82, 2.24) is 9.97 Å². The van der Waals surface area contributed by atoms with Crippen LogP contribution in [0.2, 0.25) is 5.02 Å². The van der Waals surface area contributed by atoms with Crippen LogP contribution in [0.25, 0.3) is 0 Å². The lowest BCUT2D eigenvalue weighted by Crippen LogP contribution is -2.08. The highest BCUT2D eigenvalue weighted by atomic mass is 35.5. The average molecular weight is 252 g/mol. The minimum absolute atomic E-state index is 0.220. The van der Waals surface area contributed by atoms with E-state index in [1.54, 1.807) is 25.3 Å². The summed E-state index contributed by atoms with van der Waals surface area (Å²) in [6, 6.07) is 6.53. The number of ether oxygens (including phenoxy) is 1. The molecule has 0 aliphatic carbocycles. The zero-order chi connectivity index (χ0) is 12.3. The summed E-state index contributed by atoms with van der Waals surface area (Å²) in [7, 11) is 1.55. The van der Waals surface area contributed by atoms with Gasteiger partial charge >= 0.3 is 0 Å². The van der Waals surface area contributed by atoms with Gasteiger partial charge in [-0.3, -0.25) is 9.78 Å².